The highest BCUT2D eigenvalue weighted by molar-refractivity contribution is 5.02. The number of rotatable bonds is 0. The molecule has 144 valence electrons. The summed E-state index contributed by atoms with van der Waals surface area (Å²) in [5, 5.41) is 10.4. The highest BCUT2D eigenvalue weighted by Crippen LogP contribution is 2.03. The molecule has 3 N–H and O–H groups in total. The zero-order chi connectivity index (χ0) is 18.3. The van der Waals surface area contributed by atoms with Crippen LogP contribution < -0.4 is 16.0 Å². The van der Waals surface area contributed by atoms with Crippen molar-refractivity contribution >= 4 is 0 Å². The van der Waals surface area contributed by atoms with Crippen LogP contribution in [0.5, 0.6) is 0 Å². The molecular formula is C18H27N9. The Morgan fingerprint density at radius 3 is 0.704 bits per heavy atom. The lowest BCUT2D eigenvalue weighted by Crippen LogP contribution is -2.27. The zero-order valence-electron chi connectivity index (χ0n) is 15.7. The smallest absolute Gasteiger partial charge is 0.133 e. The van der Waals surface area contributed by atoms with E-state index < -0.39 is 0 Å². The van der Waals surface area contributed by atoms with Gasteiger partial charge in [0.2, 0.25) is 0 Å². The van der Waals surface area contributed by atoms with E-state index >= 15 is 0 Å². The third-order valence-electron chi connectivity index (χ3n) is 4.70. The van der Waals surface area contributed by atoms with Gasteiger partial charge in [-0.15, -0.1) is 0 Å². The molecule has 9 heteroatoms. The summed E-state index contributed by atoms with van der Waals surface area (Å²) in [6.45, 7) is 5.02. The molecular weight excluding hydrogens is 342 g/mol. The lowest BCUT2D eigenvalue weighted by atomic mass is 10.2. The predicted octanol–water partition coefficient (Wildman–Crippen LogP) is -1.19. The largest absolute Gasteiger partial charge is 0.316 e. The summed E-state index contributed by atoms with van der Waals surface area (Å²) in [6.07, 6.45) is 4.82. The second kappa shape index (κ2) is 9.20. The minimum Gasteiger partial charge on any atom is -0.316 e. The summed E-state index contributed by atoms with van der Waals surface area (Å²) in [5.41, 5.74) is 0. The van der Waals surface area contributed by atoms with Gasteiger partial charge in [0.15, 0.2) is 0 Å². The standard InChI is InChI=1S/C18H27N9/c1-7-19-8-2-16-25-17-5-11-20-9-3-14-22-13(1)23-15(24-14)4-10-21-12-6-18(26-16)27-17/h19-21H,1-12H2. The third-order valence-corrected chi connectivity index (χ3v) is 4.70. The van der Waals surface area contributed by atoms with E-state index in [1.54, 1.807) is 0 Å². The number of aromatic nitrogens is 6. The molecule has 0 radical (unpaired) electrons. The van der Waals surface area contributed by atoms with Gasteiger partial charge in [-0.3, -0.25) is 0 Å². The molecule has 0 unspecified atom stereocenters. The molecule has 0 aromatic carbocycles. The lowest BCUT2D eigenvalue weighted by Gasteiger charge is -2.12. The van der Waals surface area contributed by atoms with Crippen molar-refractivity contribution in [3.05, 3.63) is 34.9 Å². The van der Waals surface area contributed by atoms with Crippen LogP contribution in [0.1, 0.15) is 34.9 Å². The van der Waals surface area contributed by atoms with Gasteiger partial charge in [-0.25, -0.2) is 29.9 Å². The fraction of sp³-hybridized carbons (Fsp3) is 0.667. The van der Waals surface area contributed by atoms with Crippen molar-refractivity contribution in [1.29, 1.82) is 0 Å². The SMILES string of the molecule is C1Cc2nc3nc(n2)CCNCCc2nc(nc(n2)CCNCC3)CCN1. The van der Waals surface area contributed by atoms with Crippen molar-refractivity contribution in [1.82, 2.24) is 45.9 Å². The van der Waals surface area contributed by atoms with Gasteiger partial charge in [-0.05, 0) is 0 Å². The van der Waals surface area contributed by atoms with Crippen LogP contribution in [0.15, 0.2) is 0 Å². The van der Waals surface area contributed by atoms with Crippen LogP contribution in [0.4, 0.5) is 0 Å². The van der Waals surface area contributed by atoms with E-state index in [2.05, 4.69) is 45.9 Å². The van der Waals surface area contributed by atoms with E-state index in [1.165, 1.54) is 0 Å². The second-order valence-electron chi connectivity index (χ2n) is 6.92. The van der Waals surface area contributed by atoms with Gasteiger partial charge in [0.05, 0.1) is 0 Å². The molecule has 5 rings (SSSR count). The average Bonchev–Trinajstić information content (AvgIpc) is 2.66. The predicted molar refractivity (Wildman–Crippen MR) is 100 cm³/mol. The maximum atomic E-state index is 4.66. The van der Waals surface area contributed by atoms with Gasteiger partial charge in [0.25, 0.3) is 0 Å². The summed E-state index contributed by atoms with van der Waals surface area (Å²) in [6, 6.07) is 0. The van der Waals surface area contributed by atoms with Gasteiger partial charge in [-0.1, -0.05) is 0 Å². The molecule has 0 amide bonds. The Labute approximate surface area is 159 Å². The number of nitrogens with zero attached hydrogens (tertiary/aromatic N) is 6. The Morgan fingerprint density at radius 1 is 0.333 bits per heavy atom. The van der Waals surface area contributed by atoms with Crippen molar-refractivity contribution in [3.8, 4) is 0 Å². The minimum atomic E-state index is 0.803. The maximum absolute atomic E-state index is 4.66. The van der Waals surface area contributed by atoms with Crippen LogP contribution in [0.25, 0.3) is 0 Å². The second-order valence-corrected chi connectivity index (χ2v) is 6.92. The first kappa shape index (κ1) is 18.3. The van der Waals surface area contributed by atoms with Crippen LogP contribution in [0.3, 0.4) is 0 Å². The van der Waals surface area contributed by atoms with Crippen LogP contribution in [0, 0.1) is 0 Å². The molecule has 2 aromatic heterocycles. The van der Waals surface area contributed by atoms with Crippen LogP contribution >= 0.6 is 0 Å². The molecule has 0 saturated carbocycles. The normalized spacial score (nSPS) is 19.1. The number of fused-ring (bicyclic) bond motifs is 12. The fourth-order valence-corrected chi connectivity index (χ4v) is 3.29. The number of hydrogen-bond donors (Lipinski definition) is 3. The Balaban J connectivity index is 1.63. The monoisotopic (exact) mass is 369 g/mol. The van der Waals surface area contributed by atoms with Crippen molar-refractivity contribution in [2.75, 3.05) is 39.3 Å². The van der Waals surface area contributed by atoms with Crippen LogP contribution in [-0.4, -0.2) is 69.2 Å². The fourth-order valence-electron chi connectivity index (χ4n) is 3.29. The molecule has 3 aliphatic rings. The summed E-state index contributed by atoms with van der Waals surface area (Å²) in [7, 11) is 0. The molecule has 0 spiro atoms. The number of nitrogens with one attached hydrogen (secondary N) is 3. The maximum Gasteiger partial charge on any atom is 0.133 e. The first-order valence-electron chi connectivity index (χ1n) is 9.93. The van der Waals surface area contributed by atoms with Gasteiger partial charge < -0.3 is 16.0 Å². The zero-order valence-corrected chi connectivity index (χ0v) is 15.7. The van der Waals surface area contributed by atoms with Gasteiger partial charge in [0.1, 0.15) is 34.9 Å². The molecule has 9 nitrogen and oxygen atoms in total. The highest BCUT2D eigenvalue weighted by Gasteiger charge is 2.11. The average molecular weight is 369 g/mol. The lowest BCUT2D eigenvalue weighted by molar-refractivity contribution is 0.591. The highest BCUT2D eigenvalue weighted by atomic mass is 15.1. The topological polar surface area (TPSA) is 113 Å². The third kappa shape index (κ3) is 5.44. The van der Waals surface area contributed by atoms with E-state index in [-0.39, 0.29) is 0 Å². The van der Waals surface area contributed by atoms with Crippen LogP contribution in [0.2, 0.25) is 0 Å². The molecule has 0 saturated heterocycles. The Hall–Kier alpha value is -2.10. The van der Waals surface area contributed by atoms with E-state index in [9.17, 15) is 0 Å². The Morgan fingerprint density at radius 2 is 0.519 bits per heavy atom. The van der Waals surface area contributed by atoms with Gasteiger partial charge in [-0.2, -0.15) is 0 Å². The van der Waals surface area contributed by atoms with Crippen molar-refractivity contribution < 1.29 is 0 Å². The van der Waals surface area contributed by atoms with E-state index in [4.69, 9.17) is 0 Å². The molecule has 2 aromatic rings. The Bertz CT molecular complexity index is 578. The Kier molecular flexibility index (Phi) is 6.23. The van der Waals surface area contributed by atoms with E-state index in [0.717, 1.165) is 113 Å². The quantitative estimate of drug-likeness (QED) is 0.527. The minimum absolute atomic E-state index is 0.803. The molecule has 27 heavy (non-hydrogen) atoms. The summed E-state index contributed by atoms with van der Waals surface area (Å²) >= 11 is 0. The van der Waals surface area contributed by atoms with E-state index in [1.807, 2.05) is 0 Å². The summed E-state index contributed by atoms with van der Waals surface area (Å²) < 4.78 is 0. The van der Waals surface area contributed by atoms with Crippen molar-refractivity contribution in [2.45, 2.75) is 38.5 Å². The molecule has 0 atom stereocenters. The molecule has 5 heterocycles. The molecule has 0 fully saturated rings. The van der Waals surface area contributed by atoms with E-state index in [0.29, 0.717) is 0 Å². The summed E-state index contributed by atoms with van der Waals surface area (Å²) in [4.78, 5) is 28.0. The van der Waals surface area contributed by atoms with Gasteiger partial charge in [0, 0.05) is 77.8 Å². The number of hydrogen-bond acceptors (Lipinski definition) is 9. The summed E-state index contributed by atoms with van der Waals surface area (Å²) in [5.74, 6) is 5.29. The molecule has 6 bridgehead atoms. The van der Waals surface area contributed by atoms with Gasteiger partial charge >= 0.3 is 0 Å². The van der Waals surface area contributed by atoms with Crippen LogP contribution in [-0.2, 0) is 38.5 Å². The molecule has 3 aliphatic heterocycles. The first-order valence-corrected chi connectivity index (χ1v) is 9.93. The molecule has 0 aliphatic carbocycles. The first-order chi connectivity index (χ1) is 13.3. The van der Waals surface area contributed by atoms with Crippen molar-refractivity contribution in [3.63, 3.8) is 0 Å². The van der Waals surface area contributed by atoms with Crippen molar-refractivity contribution in [2.24, 2.45) is 0 Å².